The molecule has 0 unspecified atom stereocenters. The second kappa shape index (κ2) is 9.94. The zero-order valence-corrected chi connectivity index (χ0v) is 22.2. The highest BCUT2D eigenvalue weighted by molar-refractivity contribution is 7.21. The van der Waals surface area contributed by atoms with Crippen molar-refractivity contribution in [3.63, 3.8) is 0 Å². The molecule has 0 atom stereocenters. The van der Waals surface area contributed by atoms with Gasteiger partial charge in [0.2, 0.25) is 0 Å². The van der Waals surface area contributed by atoms with Crippen LogP contribution in [0.2, 0.25) is 0 Å². The average molecular weight is 560 g/mol. The summed E-state index contributed by atoms with van der Waals surface area (Å²) in [5, 5.41) is 0.988. The third-order valence-electron chi connectivity index (χ3n) is 7.03. The van der Waals surface area contributed by atoms with Crippen molar-refractivity contribution in [2.24, 2.45) is 0 Å². The van der Waals surface area contributed by atoms with Gasteiger partial charge in [-0.2, -0.15) is 13.2 Å². The minimum Gasteiger partial charge on any atom is -0.252 e. The molecular formula is C34H20F3N3S. The molecule has 3 nitrogen and oxygen atoms in total. The number of thiazole rings is 1. The molecule has 0 amide bonds. The van der Waals surface area contributed by atoms with E-state index in [1.165, 1.54) is 16.8 Å². The van der Waals surface area contributed by atoms with Crippen molar-refractivity contribution in [2.75, 3.05) is 0 Å². The van der Waals surface area contributed by atoms with Crippen molar-refractivity contribution in [3.05, 3.63) is 127 Å². The largest absolute Gasteiger partial charge is 0.416 e. The van der Waals surface area contributed by atoms with Gasteiger partial charge in [0.25, 0.3) is 0 Å². The summed E-state index contributed by atoms with van der Waals surface area (Å²) in [5.41, 5.74) is 8.32. The monoisotopic (exact) mass is 559 g/mol. The van der Waals surface area contributed by atoms with E-state index in [4.69, 9.17) is 9.97 Å². The number of fused-ring (bicyclic) bond motifs is 2. The zero-order chi connectivity index (χ0) is 28.0. The summed E-state index contributed by atoms with van der Waals surface area (Å²) >= 11 is 1.68. The van der Waals surface area contributed by atoms with Crippen molar-refractivity contribution in [1.29, 1.82) is 0 Å². The molecule has 2 aromatic heterocycles. The highest BCUT2D eigenvalue weighted by Crippen LogP contribution is 2.33. The van der Waals surface area contributed by atoms with Gasteiger partial charge < -0.3 is 0 Å². The lowest BCUT2D eigenvalue weighted by molar-refractivity contribution is -0.137. The van der Waals surface area contributed by atoms with E-state index in [9.17, 15) is 13.2 Å². The Morgan fingerprint density at radius 1 is 0.512 bits per heavy atom. The normalized spacial score (nSPS) is 11.8. The summed E-state index contributed by atoms with van der Waals surface area (Å²) in [6.45, 7) is 0. The van der Waals surface area contributed by atoms with Crippen molar-refractivity contribution in [1.82, 2.24) is 15.0 Å². The molecule has 7 heteroatoms. The molecule has 0 radical (unpaired) electrons. The number of para-hydroxylation sites is 1. The highest BCUT2D eigenvalue weighted by Gasteiger charge is 2.29. The molecule has 7 rings (SSSR count). The van der Waals surface area contributed by atoms with Gasteiger partial charge in [0, 0.05) is 11.1 Å². The van der Waals surface area contributed by atoms with Crippen LogP contribution in [0.15, 0.2) is 121 Å². The molecule has 0 aliphatic carbocycles. The number of halogens is 3. The Bertz CT molecular complexity index is 1980. The topological polar surface area (TPSA) is 38.7 Å². The zero-order valence-electron chi connectivity index (χ0n) is 21.4. The van der Waals surface area contributed by atoms with E-state index in [0.717, 1.165) is 72.8 Å². The van der Waals surface area contributed by atoms with E-state index in [1.54, 1.807) is 17.5 Å². The molecule has 7 aromatic rings. The van der Waals surface area contributed by atoms with Crippen LogP contribution >= 0.6 is 11.3 Å². The Morgan fingerprint density at radius 3 is 1.78 bits per heavy atom. The molecule has 0 aliphatic rings. The van der Waals surface area contributed by atoms with Gasteiger partial charge in [0.05, 0.1) is 38.7 Å². The van der Waals surface area contributed by atoms with Crippen LogP contribution in [-0.4, -0.2) is 15.0 Å². The number of rotatable bonds is 4. The van der Waals surface area contributed by atoms with Gasteiger partial charge in [-0.15, -0.1) is 11.3 Å². The number of hydrogen-bond acceptors (Lipinski definition) is 4. The summed E-state index contributed by atoms with van der Waals surface area (Å²) in [4.78, 5) is 14.3. The van der Waals surface area contributed by atoms with Crippen LogP contribution < -0.4 is 0 Å². The summed E-state index contributed by atoms with van der Waals surface area (Å²) in [6, 6.07) is 35.3. The molecular weight excluding hydrogens is 539 g/mol. The van der Waals surface area contributed by atoms with Gasteiger partial charge in [-0.05, 0) is 58.7 Å². The van der Waals surface area contributed by atoms with Crippen LogP contribution in [0.25, 0.3) is 65.3 Å². The molecule has 0 saturated carbocycles. The van der Waals surface area contributed by atoms with E-state index in [2.05, 4.69) is 23.2 Å². The van der Waals surface area contributed by atoms with Gasteiger partial charge in [0.1, 0.15) is 5.01 Å². The maximum absolute atomic E-state index is 12.9. The van der Waals surface area contributed by atoms with Gasteiger partial charge in [-0.3, -0.25) is 4.98 Å². The maximum Gasteiger partial charge on any atom is 0.416 e. The number of benzene rings is 5. The Balaban J connectivity index is 1.11. The molecule has 41 heavy (non-hydrogen) atoms. The van der Waals surface area contributed by atoms with Crippen molar-refractivity contribution in [2.45, 2.75) is 6.18 Å². The van der Waals surface area contributed by atoms with Crippen LogP contribution in [-0.2, 0) is 6.18 Å². The van der Waals surface area contributed by atoms with Crippen LogP contribution in [0.5, 0.6) is 0 Å². The van der Waals surface area contributed by atoms with E-state index in [0.29, 0.717) is 0 Å². The Morgan fingerprint density at radius 2 is 1.10 bits per heavy atom. The predicted molar refractivity (Wildman–Crippen MR) is 159 cm³/mol. The Kier molecular flexibility index (Phi) is 6.09. The number of hydrogen-bond donors (Lipinski definition) is 0. The molecule has 198 valence electrons. The molecule has 5 aromatic carbocycles. The van der Waals surface area contributed by atoms with Gasteiger partial charge in [-0.1, -0.05) is 78.9 Å². The van der Waals surface area contributed by atoms with E-state index >= 15 is 0 Å². The lowest BCUT2D eigenvalue weighted by Gasteiger charge is -2.09. The first kappa shape index (κ1) is 25.1. The first-order valence-corrected chi connectivity index (χ1v) is 13.7. The van der Waals surface area contributed by atoms with E-state index in [-0.39, 0.29) is 0 Å². The summed E-state index contributed by atoms with van der Waals surface area (Å²) < 4.78 is 39.8. The van der Waals surface area contributed by atoms with Crippen LogP contribution in [0.3, 0.4) is 0 Å². The van der Waals surface area contributed by atoms with E-state index in [1.807, 2.05) is 72.8 Å². The minimum absolute atomic E-state index is 0.653. The highest BCUT2D eigenvalue weighted by atomic mass is 32.1. The molecule has 2 heterocycles. The van der Waals surface area contributed by atoms with Gasteiger partial charge >= 0.3 is 6.18 Å². The minimum atomic E-state index is -4.34. The predicted octanol–water partition coefficient (Wildman–Crippen LogP) is 9.93. The van der Waals surface area contributed by atoms with Gasteiger partial charge in [-0.25, -0.2) is 9.97 Å². The van der Waals surface area contributed by atoms with Gasteiger partial charge in [0.15, 0.2) is 0 Å². The Labute approximate surface area is 237 Å². The summed E-state index contributed by atoms with van der Waals surface area (Å²) in [5.74, 6) is 0. The van der Waals surface area contributed by atoms with Crippen molar-refractivity contribution < 1.29 is 13.2 Å². The SMILES string of the molecule is FC(F)(F)c1ccc(-c2ccc(-c3ccc4nc(-c5ccc(-c6nc7ccccc7s6)cc5)cnc4c3)cc2)cc1. The third kappa shape index (κ3) is 4.96. The first-order chi connectivity index (χ1) is 19.9. The molecule has 0 N–H and O–H groups in total. The van der Waals surface area contributed by atoms with Crippen molar-refractivity contribution >= 4 is 32.6 Å². The molecule has 0 aliphatic heterocycles. The lowest BCUT2D eigenvalue weighted by atomic mass is 9.99. The molecule has 0 saturated heterocycles. The quantitative estimate of drug-likeness (QED) is 0.215. The molecule has 0 spiro atoms. The lowest BCUT2D eigenvalue weighted by Crippen LogP contribution is -2.03. The average Bonchev–Trinajstić information content (AvgIpc) is 3.45. The van der Waals surface area contributed by atoms with Crippen LogP contribution in [0, 0.1) is 0 Å². The number of alkyl halides is 3. The molecule has 0 bridgehead atoms. The van der Waals surface area contributed by atoms with E-state index < -0.39 is 11.7 Å². The fourth-order valence-corrected chi connectivity index (χ4v) is 5.79. The van der Waals surface area contributed by atoms with Crippen LogP contribution in [0.1, 0.15) is 5.56 Å². The summed E-state index contributed by atoms with van der Waals surface area (Å²) in [7, 11) is 0. The standard InChI is InChI=1S/C34H20F3N3S/c35-34(36,37)27-16-13-22(14-17-27)21-5-7-23(8-6-21)26-15-18-28-30(19-26)38-20-31(39-28)24-9-11-25(12-10-24)33-40-29-3-1-2-4-32(29)41-33/h1-20H. The second-order valence-electron chi connectivity index (χ2n) is 9.68. The maximum atomic E-state index is 12.9. The number of nitrogens with zero attached hydrogens (tertiary/aromatic N) is 3. The smallest absolute Gasteiger partial charge is 0.252 e. The van der Waals surface area contributed by atoms with Crippen LogP contribution in [0.4, 0.5) is 13.2 Å². The number of aromatic nitrogens is 3. The first-order valence-electron chi connectivity index (χ1n) is 12.9. The molecule has 0 fully saturated rings. The fraction of sp³-hybridized carbons (Fsp3) is 0.0294. The Hall–Kier alpha value is -4.88. The fourth-order valence-electron chi connectivity index (χ4n) is 4.82. The third-order valence-corrected chi connectivity index (χ3v) is 8.11. The second-order valence-corrected chi connectivity index (χ2v) is 10.7. The van der Waals surface area contributed by atoms with Crippen molar-refractivity contribution in [3.8, 4) is 44.1 Å². The summed E-state index contributed by atoms with van der Waals surface area (Å²) in [6.07, 6.45) is -2.56.